The van der Waals surface area contributed by atoms with Crippen LogP contribution in [-0.2, 0) is 16.8 Å². The fraction of sp³-hybridized carbons (Fsp3) is 0.500. The predicted octanol–water partition coefficient (Wildman–Crippen LogP) is 3.53. The van der Waals surface area contributed by atoms with Crippen molar-refractivity contribution in [3.05, 3.63) is 33.9 Å². The number of aromatic nitrogens is 2. The van der Waals surface area contributed by atoms with E-state index >= 15 is 0 Å². The van der Waals surface area contributed by atoms with Gasteiger partial charge in [0, 0.05) is 11.4 Å². The van der Waals surface area contributed by atoms with Crippen molar-refractivity contribution in [2.75, 3.05) is 13.2 Å². The Morgan fingerprint density at radius 2 is 1.85 bits per heavy atom. The number of carbonyl (C=O) groups is 1. The van der Waals surface area contributed by atoms with Crippen molar-refractivity contribution in [2.24, 2.45) is 0 Å². The number of rotatable bonds is 8. The van der Waals surface area contributed by atoms with E-state index in [9.17, 15) is 4.79 Å². The summed E-state index contributed by atoms with van der Waals surface area (Å²) >= 11 is 3.50. The Hall–Kier alpha value is -2.09. The third kappa shape index (κ3) is 4.97. The average molecular weight is 426 g/mol. The monoisotopic (exact) mass is 425 g/mol. The first-order chi connectivity index (χ1) is 12.3. The van der Waals surface area contributed by atoms with Crippen molar-refractivity contribution in [3.8, 4) is 11.5 Å². The Balaban J connectivity index is 2.16. The van der Waals surface area contributed by atoms with Gasteiger partial charge in [0.25, 0.3) is 0 Å². The average Bonchev–Trinajstić information content (AvgIpc) is 2.99. The van der Waals surface area contributed by atoms with Crippen LogP contribution in [0.15, 0.2) is 21.1 Å². The largest absolute Gasteiger partial charge is 0.490 e. The zero-order valence-electron chi connectivity index (χ0n) is 15.7. The van der Waals surface area contributed by atoms with E-state index in [1.807, 2.05) is 39.8 Å². The van der Waals surface area contributed by atoms with Crippen LogP contribution in [0.3, 0.4) is 0 Å². The highest BCUT2D eigenvalue weighted by molar-refractivity contribution is 9.10. The first-order valence-electron chi connectivity index (χ1n) is 8.46. The van der Waals surface area contributed by atoms with Gasteiger partial charge in [0.1, 0.15) is 0 Å². The molecule has 1 aromatic carbocycles. The van der Waals surface area contributed by atoms with Gasteiger partial charge in [0.15, 0.2) is 17.3 Å². The van der Waals surface area contributed by atoms with Crippen molar-refractivity contribution in [1.82, 2.24) is 15.5 Å². The van der Waals surface area contributed by atoms with Gasteiger partial charge in [-0.2, -0.15) is 4.98 Å². The molecule has 0 saturated heterocycles. The molecule has 2 aromatic rings. The second-order valence-corrected chi connectivity index (χ2v) is 7.10. The highest BCUT2D eigenvalue weighted by atomic mass is 79.9. The second-order valence-electron chi connectivity index (χ2n) is 6.24. The van der Waals surface area contributed by atoms with Crippen LogP contribution in [0.1, 0.15) is 45.0 Å². The van der Waals surface area contributed by atoms with Gasteiger partial charge in [-0.15, -0.1) is 0 Å². The van der Waals surface area contributed by atoms with Gasteiger partial charge < -0.3 is 19.3 Å². The van der Waals surface area contributed by atoms with E-state index in [1.165, 1.54) is 0 Å². The molecule has 0 bridgehead atoms. The van der Waals surface area contributed by atoms with Gasteiger partial charge in [-0.1, -0.05) is 21.1 Å². The van der Waals surface area contributed by atoms with Gasteiger partial charge in [-0.3, -0.25) is 4.79 Å². The zero-order chi connectivity index (χ0) is 19.3. The zero-order valence-corrected chi connectivity index (χ0v) is 17.3. The third-order valence-electron chi connectivity index (χ3n) is 3.60. The summed E-state index contributed by atoms with van der Waals surface area (Å²) in [5.74, 6) is 1.99. The lowest BCUT2D eigenvalue weighted by atomic mass is 10.0. The minimum Gasteiger partial charge on any atom is -0.490 e. The molecular formula is C18H24BrN3O4. The number of ether oxygens (including phenoxy) is 2. The molecule has 26 heavy (non-hydrogen) atoms. The van der Waals surface area contributed by atoms with Gasteiger partial charge in [-0.25, -0.2) is 0 Å². The number of benzene rings is 1. The van der Waals surface area contributed by atoms with Crippen LogP contribution in [0.4, 0.5) is 0 Å². The Bertz CT molecular complexity index is 774. The van der Waals surface area contributed by atoms with Crippen LogP contribution in [0.25, 0.3) is 0 Å². The highest BCUT2D eigenvalue weighted by Crippen LogP contribution is 2.34. The van der Waals surface area contributed by atoms with Crippen molar-refractivity contribution in [3.63, 3.8) is 0 Å². The molecule has 0 aliphatic rings. The number of hydrogen-bond acceptors (Lipinski definition) is 6. The number of nitrogens with zero attached hydrogens (tertiary/aromatic N) is 2. The minimum atomic E-state index is -0.741. The second kappa shape index (κ2) is 8.53. The standard InChI is InChI=1S/C18H24BrN3O4/c1-6-24-14-8-12(13(19)10-15(14)25-7-2)9-16(23)21-18(4,5)17-20-11(3)26-22-17/h8,10H,6-7,9H2,1-5H3,(H,21,23). The van der Waals surface area contributed by atoms with Gasteiger partial charge in [0.05, 0.1) is 25.2 Å². The van der Waals surface area contributed by atoms with Crippen molar-refractivity contribution in [1.29, 1.82) is 0 Å². The fourth-order valence-corrected chi connectivity index (χ4v) is 2.89. The number of amides is 1. The highest BCUT2D eigenvalue weighted by Gasteiger charge is 2.28. The Kier molecular flexibility index (Phi) is 6.63. The Morgan fingerprint density at radius 1 is 1.23 bits per heavy atom. The van der Waals surface area contributed by atoms with E-state index in [0.29, 0.717) is 36.4 Å². The lowest BCUT2D eigenvalue weighted by Gasteiger charge is -2.22. The van der Waals surface area contributed by atoms with E-state index in [1.54, 1.807) is 6.92 Å². The number of carbonyl (C=O) groups excluding carboxylic acids is 1. The van der Waals surface area contributed by atoms with Crippen molar-refractivity contribution >= 4 is 21.8 Å². The summed E-state index contributed by atoms with van der Waals surface area (Å²) in [6, 6.07) is 3.65. The van der Waals surface area contributed by atoms with Crippen LogP contribution >= 0.6 is 15.9 Å². The normalized spacial score (nSPS) is 11.3. The summed E-state index contributed by atoms with van der Waals surface area (Å²) in [4.78, 5) is 16.7. The van der Waals surface area contributed by atoms with Gasteiger partial charge >= 0.3 is 0 Å². The Labute approximate surface area is 161 Å². The first kappa shape index (κ1) is 20.2. The molecule has 1 aromatic heterocycles. The van der Waals surface area contributed by atoms with E-state index in [0.717, 1.165) is 10.0 Å². The maximum Gasteiger partial charge on any atom is 0.225 e. The van der Waals surface area contributed by atoms with Crippen molar-refractivity contribution < 1.29 is 18.8 Å². The molecule has 1 N–H and O–H groups in total. The third-order valence-corrected chi connectivity index (χ3v) is 4.34. The molecule has 0 aliphatic carbocycles. The smallest absolute Gasteiger partial charge is 0.225 e. The molecule has 7 nitrogen and oxygen atoms in total. The van der Waals surface area contributed by atoms with Gasteiger partial charge in [0.2, 0.25) is 11.8 Å². The van der Waals surface area contributed by atoms with E-state index in [-0.39, 0.29) is 12.3 Å². The summed E-state index contributed by atoms with van der Waals surface area (Å²) in [5.41, 5.74) is 0.0597. The maximum absolute atomic E-state index is 12.6. The molecule has 0 unspecified atom stereocenters. The maximum atomic E-state index is 12.6. The quantitative estimate of drug-likeness (QED) is 0.695. The van der Waals surface area contributed by atoms with Crippen LogP contribution in [-0.4, -0.2) is 29.3 Å². The van der Waals surface area contributed by atoms with Crippen molar-refractivity contribution in [2.45, 2.75) is 46.6 Å². The summed E-state index contributed by atoms with van der Waals surface area (Å²) in [6.07, 6.45) is 0.174. The predicted molar refractivity (Wildman–Crippen MR) is 100 cm³/mol. The first-order valence-corrected chi connectivity index (χ1v) is 9.26. The minimum absolute atomic E-state index is 0.162. The topological polar surface area (TPSA) is 86.5 Å². The number of hydrogen-bond donors (Lipinski definition) is 1. The van der Waals surface area contributed by atoms with Crippen LogP contribution in [0, 0.1) is 6.92 Å². The molecule has 0 atom stereocenters. The van der Waals surface area contributed by atoms with Gasteiger partial charge in [-0.05, 0) is 45.4 Å². The molecule has 0 aliphatic heterocycles. The van der Waals surface area contributed by atoms with E-state index < -0.39 is 5.54 Å². The van der Waals surface area contributed by atoms with Crippen LogP contribution in [0.5, 0.6) is 11.5 Å². The molecule has 0 saturated carbocycles. The molecule has 1 heterocycles. The number of halogens is 1. The lowest BCUT2D eigenvalue weighted by Crippen LogP contribution is -2.42. The van der Waals surface area contributed by atoms with E-state index in [4.69, 9.17) is 14.0 Å². The SMILES string of the molecule is CCOc1cc(Br)c(CC(=O)NC(C)(C)c2noc(C)n2)cc1OCC. The summed E-state index contributed by atoms with van der Waals surface area (Å²) in [5, 5.41) is 6.82. The molecule has 0 fully saturated rings. The number of aryl methyl sites for hydroxylation is 1. The molecule has 8 heteroatoms. The molecule has 142 valence electrons. The molecular weight excluding hydrogens is 402 g/mol. The van der Waals surface area contributed by atoms with Crippen LogP contribution < -0.4 is 14.8 Å². The van der Waals surface area contributed by atoms with E-state index in [2.05, 4.69) is 31.4 Å². The summed E-state index contributed by atoms with van der Waals surface area (Å²) in [6.45, 7) is 10.2. The molecule has 2 rings (SSSR count). The number of nitrogens with one attached hydrogen (secondary N) is 1. The molecule has 0 radical (unpaired) electrons. The Morgan fingerprint density at radius 3 is 2.38 bits per heavy atom. The molecule has 1 amide bonds. The van der Waals surface area contributed by atoms with Crippen LogP contribution in [0.2, 0.25) is 0 Å². The summed E-state index contributed by atoms with van der Waals surface area (Å²) in [7, 11) is 0. The lowest BCUT2D eigenvalue weighted by molar-refractivity contribution is -0.122. The fourth-order valence-electron chi connectivity index (χ4n) is 2.42. The summed E-state index contributed by atoms with van der Waals surface area (Å²) < 4.78 is 17.0. The molecule has 0 spiro atoms.